The van der Waals surface area contributed by atoms with Crippen molar-refractivity contribution in [2.24, 2.45) is 11.5 Å². The fourth-order valence-corrected chi connectivity index (χ4v) is 2.99. The van der Waals surface area contributed by atoms with E-state index in [1.165, 1.54) is 11.8 Å². The van der Waals surface area contributed by atoms with Crippen molar-refractivity contribution in [3.63, 3.8) is 0 Å². The van der Waals surface area contributed by atoms with Crippen LogP contribution in [0.1, 0.15) is 32.1 Å². The van der Waals surface area contributed by atoms with Crippen molar-refractivity contribution < 1.29 is 48.9 Å². The maximum absolute atomic E-state index is 12.7. The maximum atomic E-state index is 12.7. The van der Waals surface area contributed by atoms with E-state index in [4.69, 9.17) is 26.8 Å². The van der Waals surface area contributed by atoms with E-state index < -0.39 is 78.5 Å². The van der Waals surface area contributed by atoms with Crippen LogP contribution in [0.15, 0.2) is 0 Å². The number of carbonyl (C=O) groups is 7. The third kappa shape index (κ3) is 12.6. The number of carboxylic acids is 3. The van der Waals surface area contributed by atoms with Crippen LogP contribution in [0.25, 0.3) is 0 Å². The molecule has 34 heavy (non-hydrogen) atoms. The first kappa shape index (κ1) is 30.6. The minimum absolute atomic E-state index is 0.0607. The van der Waals surface area contributed by atoms with Gasteiger partial charge in [-0.25, -0.2) is 4.79 Å². The molecule has 4 unspecified atom stereocenters. The van der Waals surface area contributed by atoms with Crippen molar-refractivity contribution in [3.8, 4) is 0 Å². The van der Waals surface area contributed by atoms with E-state index in [-0.39, 0.29) is 19.3 Å². The van der Waals surface area contributed by atoms with Gasteiger partial charge in [-0.05, 0) is 24.9 Å². The summed E-state index contributed by atoms with van der Waals surface area (Å²) in [6.07, 6.45) is -0.491. The van der Waals surface area contributed by atoms with Crippen LogP contribution in [-0.4, -0.2) is 93.0 Å². The molecule has 0 aromatic carbocycles. The highest BCUT2D eigenvalue weighted by Gasteiger charge is 2.32. The molecule has 0 fully saturated rings. The second-order valence-electron chi connectivity index (χ2n) is 7.11. The zero-order chi connectivity index (χ0) is 26.4. The first-order valence-corrected chi connectivity index (χ1v) is 11.3. The summed E-state index contributed by atoms with van der Waals surface area (Å²) in [5, 5.41) is 33.3. The Hall–Kier alpha value is -3.40. The number of amides is 4. The molecule has 192 valence electrons. The largest absolute Gasteiger partial charge is 0.481 e. The Morgan fingerprint density at radius 3 is 1.76 bits per heavy atom. The van der Waals surface area contributed by atoms with Crippen LogP contribution in [-0.2, 0) is 33.6 Å². The zero-order valence-electron chi connectivity index (χ0n) is 18.3. The standard InChI is InChI=1S/C18H29N5O10S/c1-34-5-4-9(21-15(29)8(19)2-3-13(25)26)16(30)22-10(7-14(27)28)17(31)23-11(18(32)33)6-12(20)24/h8-11H,2-7,19H2,1H3,(H2,20,24)(H,21,29)(H,22,30)(H,23,31)(H,25,26)(H,27,28)(H,32,33). The van der Waals surface area contributed by atoms with Crippen LogP contribution >= 0.6 is 11.8 Å². The van der Waals surface area contributed by atoms with Gasteiger partial charge in [0, 0.05) is 6.42 Å². The smallest absolute Gasteiger partial charge is 0.326 e. The number of carboxylic acid groups (broad SMARTS) is 3. The summed E-state index contributed by atoms with van der Waals surface area (Å²) in [5.41, 5.74) is 10.6. The predicted octanol–water partition coefficient (Wildman–Crippen LogP) is -3.18. The SMILES string of the molecule is CSCCC(NC(=O)C(N)CCC(=O)O)C(=O)NC(CC(=O)O)C(=O)NC(CC(N)=O)C(=O)O. The van der Waals surface area contributed by atoms with Gasteiger partial charge in [0.2, 0.25) is 23.6 Å². The molecule has 0 aliphatic carbocycles. The Morgan fingerprint density at radius 1 is 0.765 bits per heavy atom. The summed E-state index contributed by atoms with van der Waals surface area (Å²) < 4.78 is 0. The molecule has 0 heterocycles. The van der Waals surface area contributed by atoms with Crippen molar-refractivity contribution in [1.29, 1.82) is 0 Å². The fourth-order valence-electron chi connectivity index (χ4n) is 2.52. The van der Waals surface area contributed by atoms with Gasteiger partial charge in [0.15, 0.2) is 0 Å². The second kappa shape index (κ2) is 15.4. The molecule has 4 amide bonds. The van der Waals surface area contributed by atoms with Gasteiger partial charge in [-0.2, -0.15) is 11.8 Å². The molecule has 0 aliphatic rings. The number of nitrogens with one attached hydrogen (secondary N) is 3. The Morgan fingerprint density at radius 2 is 1.29 bits per heavy atom. The number of aliphatic carboxylic acids is 3. The summed E-state index contributed by atoms with van der Waals surface area (Å²) in [7, 11) is 0. The second-order valence-corrected chi connectivity index (χ2v) is 8.10. The Bertz CT molecular complexity index is 793. The van der Waals surface area contributed by atoms with Gasteiger partial charge in [-0.1, -0.05) is 0 Å². The van der Waals surface area contributed by atoms with E-state index in [2.05, 4.69) is 10.6 Å². The van der Waals surface area contributed by atoms with E-state index in [1.807, 2.05) is 5.32 Å². The highest BCUT2D eigenvalue weighted by atomic mass is 32.2. The molecule has 0 spiro atoms. The molecule has 4 atom stereocenters. The lowest BCUT2D eigenvalue weighted by Gasteiger charge is -2.24. The van der Waals surface area contributed by atoms with Gasteiger partial charge >= 0.3 is 17.9 Å². The molecular weight excluding hydrogens is 478 g/mol. The molecule has 0 saturated heterocycles. The average molecular weight is 508 g/mol. The molecule has 0 aliphatic heterocycles. The monoisotopic (exact) mass is 507 g/mol. The Labute approximate surface area is 198 Å². The molecule has 0 rings (SSSR count). The molecule has 0 aromatic heterocycles. The predicted molar refractivity (Wildman–Crippen MR) is 117 cm³/mol. The van der Waals surface area contributed by atoms with E-state index in [0.29, 0.717) is 5.75 Å². The van der Waals surface area contributed by atoms with Crippen LogP contribution in [0.3, 0.4) is 0 Å². The maximum Gasteiger partial charge on any atom is 0.326 e. The minimum atomic E-state index is -1.75. The molecule has 0 radical (unpaired) electrons. The van der Waals surface area contributed by atoms with Crippen LogP contribution in [0.2, 0.25) is 0 Å². The first-order valence-electron chi connectivity index (χ1n) is 9.88. The summed E-state index contributed by atoms with van der Waals surface area (Å²) in [6, 6.07) is -5.98. The molecule has 0 saturated carbocycles. The van der Waals surface area contributed by atoms with Crippen LogP contribution in [0.5, 0.6) is 0 Å². The van der Waals surface area contributed by atoms with Gasteiger partial charge in [0.1, 0.15) is 18.1 Å². The number of thioether (sulfide) groups is 1. The van der Waals surface area contributed by atoms with Crippen molar-refractivity contribution >= 4 is 53.3 Å². The van der Waals surface area contributed by atoms with Crippen molar-refractivity contribution in [2.75, 3.05) is 12.0 Å². The van der Waals surface area contributed by atoms with Crippen molar-refractivity contribution in [1.82, 2.24) is 16.0 Å². The molecule has 0 bridgehead atoms. The highest BCUT2D eigenvalue weighted by Crippen LogP contribution is 2.05. The lowest BCUT2D eigenvalue weighted by atomic mass is 10.1. The number of nitrogens with two attached hydrogens (primary N) is 2. The van der Waals surface area contributed by atoms with E-state index in [0.717, 1.165) is 0 Å². The minimum Gasteiger partial charge on any atom is -0.481 e. The summed E-state index contributed by atoms with van der Waals surface area (Å²) in [4.78, 5) is 81.5. The topological polar surface area (TPSA) is 268 Å². The van der Waals surface area contributed by atoms with Gasteiger partial charge in [0.25, 0.3) is 0 Å². The number of rotatable bonds is 17. The molecular formula is C18H29N5O10S. The van der Waals surface area contributed by atoms with Crippen molar-refractivity contribution in [3.05, 3.63) is 0 Å². The van der Waals surface area contributed by atoms with Crippen molar-refractivity contribution in [2.45, 2.75) is 56.3 Å². The molecule has 0 aromatic rings. The van der Waals surface area contributed by atoms with E-state index in [1.54, 1.807) is 6.26 Å². The normalized spacial score (nSPS) is 14.1. The first-order chi connectivity index (χ1) is 15.8. The third-order valence-electron chi connectivity index (χ3n) is 4.28. The van der Waals surface area contributed by atoms with Crippen LogP contribution in [0.4, 0.5) is 0 Å². The Kier molecular flexibility index (Phi) is 13.9. The average Bonchev–Trinajstić information content (AvgIpc) is 2.72. The van der Waals surface area contributed by atoms with Crippen LogP contribution in [0, 0.1) is 0 Å². The molecule has 16 heteroatoms. The summed E-state index contributed by atoms with van der Waals surface area (Å²) in [5.74, 6) is -7.90. The number of hydrogen-bond acceptors (Lipinski definition) is 9. The number of carbonyl (C=O) groups excluding carboxylic acids is 4. The van der Waals surface area contributed by atoms with Crippen LogP contribution < -0.4 is 27.4 Å². The fraction of sp³-hybridized carbons (Fsp3) is 0.611. The lowest BCUT2D eigenvalue weighted by Crippen LogP contribution is -2.57. The number of primary amides is 1. The highest BCUT2D eigenvalue weighted by molar-refractivity contribution is 7.98. The number of hydrogen-bond donors (Lipinski definition) is 8. The lowest BCUT2D eigenvalue weighted by molar-refractivity contribution is -0.145. The van der Waals surface area contributed by atoms with E-state index >= 15 is 0 Å². The van der Waals surface area contributed by atoms with Gasteiger partial charge in [-0.15, -0.1) is 0 Å². The van der Waals surface area contributed by atoms with E-state index in [9.17, 15) is 33.6 Å². The van der Waals surface area contributed by atoms with Gasteiger partial charge in [-0.3, -0.25) is 28.8 Å². The Balaban J connectivity index is 5.47. The van der Waals surface area contributed by atoms with Gasteiger partial charge < -0.3 is 42.7 Å². The quantitative estimate of drug-likeness (QED) is 0.0968. The summed E-state index contributed by atoms with van der Waals surface area (Å²) in [6.45, 7) is 0. The zero-order valence-corrected chi connectivity index (χ0v) is 19.1. The summed E-state index contributed by atoms with van der Waals surface area (Å²) >= 11 is 1.33. The molecule has 10 N–H and O–H groups in total. The van der Waals surface area contributed by atoms with Gasteiger partial charge in [0.05, 0.1) is 18.9 Å². The third-order valence-corrected chi connectivity index (χ3v) is 4.93. The molecule has 15 nitrogen and oxygen atoms in total.